The molecule has 0 radical (unpaired) electrons. The van der Waals surface area contributed by atoms with Crippen LogP contribution in [-0.2, 0) is 16.0 Å². The number of hydrogen-bond donors (Lipinski definition) is 1. The van der Waals surface area contributed by atoms with Gasteiger partial charge in [-0.2, -0.15) is 0 Å². The molecule has 1 fully saturated rings. The maximum atomic E-state index is 12.4. The number of carboxylic acids is 1. The van der Waals surface area contributed by atoms with Crippen molar-refractivity contribution in [3.63, 3.8) is 0 Å². The molecule has 1 N–H and O–H groups in total. The first-order chi connectivity index (χ1) is 10.9. The second-order valence-electron chi connectivity index (χ2n) is 5.96. The number of carbonyl (C=O) groups excluding carboxylic acids is 1. The monoisotopic (exact) mass is 325 g/mol. The summed E-state index contributed by atoms with van der Waals surface area (Å²) in [5.74, 6) is -1.64. The van der Waals surface area contributed by atoms with Gasteiger partial charge in [-0.05, 0) is 17.5 Å². The largest absolute Gasteiger partial charge is 0.481 e. The zero-order valence-corrected chi connectivity index (χ0v) is 13.0. The lowest BCUT2D eigenvalue weighted by Gasteiger charge is -2.36. The predicted molar refractivity (Wildman–Crippen MR) is 81.5 cm³/mol. The standard InChI is InChI=1S/C17H21F2NO3/c1-2-16(21)20-9-13(8-14(10-20)17(22)23)12-5-3-11(4-6-12)7-15(18)19/h3-6,13-15H,2,7-10H2,1H3,(H,22,23). The SMILES string of the molecule is CCC(=O)N1CC(C(=O)O)CC(c2ccc(CC(F)F)cc2)C1. The maximum Gasteiger partial charge on any atom is 0.308 e. The first-order valence-electron chi connectivity index (χ1n) is 7.78. The Morgan fingerprint density at radius 2 is 1.91 bits per heavy atom. The van der Waals surface area contributed by atoms with Crippen LogP contribution in [0.15, 0.2) is 24.3 Å². The highest BCUT2D eigenvalue weighted by Gasteiger charge is 2.33. The minimum Gasteiger partial charge on any atom is -0.481 e. The normalized spacial score (nSPS) is 21.5. The zero-order chi connectivity index (χ0) is 17.0. The number of piperidine rings is 1. The Kier molecular flexibility index (Phi) is 5.69. The molecule has 2 rings (SSSR count). The van der Waals surface area contributed by atoms with Gasteiger partial charge in [0.25, 0.3) is 0 Å². The molecule has 0 aromatic heterocycles. The average molecular weight is 325 g/mol. The van der Waals surface area contributed by atoms with E-state index in [4.69, 9.17) is 0 Å². The molecule has 4 nitrogen and oxygen atoms in total. The van der Waals surface area contributed by atoms with Crippen LogP contribution in [0.4, 0.5) is 8.78 Å². The Bertz CT molecular complexity index is 559. The summed E-state index contributed by atoms with van der Waals surface area (Å²) in [5, 5.41) is 9.30. The predicted octanol–water partition coefficient (Wildman–Crippen LogP) is 2.92. The van der Waals surface area contributed by atoms with Crippen LogP contribution >= 0.6 is 0 Å². The number of carboxylic acid groups (broad SMARTS) is 1. The lowest BCUT2D eigenvalue weighted by molar-refractivity contribution is -0.146. The van der Waals surface area contributed by atoms with Crippen molar-refractivity contribution < 1.29 is 23.5 Å². The van der Waals surface area contributed by atoms with Gasteiger partial charge < -0.3 is 10.0 Å². The average Bonchev–Trinajstić information content (AvgIpc) is 2.53. The molecule has 0 saturated carbocycles. The van der Waals surface area contributed by atoms with Gasteiger partial charge in [0.1, 0.15) is 0 Å². The van der Waals surface area contributed by atoms with E-state index in [1.165, 1.54) is 0 Å². The Morgan fingerprint density at radius 1 is 1.26 bits per heavy atom. The molecule has 1 saturated heterocycles. The molecule has 1 aliphatic heterocycles. The van der Waals surface area contributed by atoms with Crippen LogP contribution in [-0.4, -0.2) is 41.4 Å². The third-order valence-electron chi connectivity index (χ3n) is 4.30. The molecule has 1 aromatic carbocycles. The van der Waals surface area contributed by atoms with Crippen LogP contribution in [0.25, 0.3) is 0 Å². The van der Waals surface area contributed by atoms with E-state index in [1.54, 1.807) is 36.1 Å². The van der Waals surface area contributed by atoms with Crippen LogP contribution in [0.1, 0.15) is 36.8 Å². The quantitative estimate of drug-likeness (QED) is 0.905. The summed E-state index contributed by atoms with van der Waals surface area (Å²) in [7, 11) is 0. The summed E-state index contributed by atoms with van der Waals surface area (Å²) in [6.45, 7) is 2.47. The molecule has 2 atom stereocenters. The van der Waals surface area contributed by atoms with Gasteiger partial charge >= 0.3 is 5.97 Å². The van der Waals surface area contributed by atoms with Gasteiger partial charge in [-0.3, -0.25) is 9.59 Å². The molecule has 23 heavy (non-hydrogen) atoms. The van der Waals surface area contributed by atoms with E-state index in [2.05, 4.69) is 0 Å². The van der Waals surface area contributed by atoms with Gasteiger partial charge in [-0.25, -0.2) is 8.78 Å². The van der Waals surface area contributed by atoms with Crippen molar-refractivity contribution in [2.45, 2.75) is 38.5 Å². The molecular weight excluding hydrogens is 304 g/mol. The molecule has 1 amide bonds. The second kappa shape index (κ2) is 7.53. The van der Waals surface area contributed by atoms with E-state index in [0.717, 1.165) is 5.56 Å². The Balaban J connectivity index is 2.15. The van der Waals surface area contributed by atoms with Gasteiger partial charge in [0, 0.05) is 31.8 Å². The van der Waals surface area contributed by atoms with Crippen LogP contribution < -0.4 is 0 Å². The molecule has 2 unspecified atom stereocenters. The summed E-state index contributed by atoms with van der Waals surface area (Å²) in [5.41, 5.74) is 1.44. The number of likely N-dealkylation sites (tertiary alicyclic amines) is 1. The van der Waals surface area contributed by atoms with E-state index < -0.39 is 18.3 Å². The molecule has 1 heterocycles. The van der Waals surface area contributed by atoms with Gasteiger partial charge in [0.05, 0.1) is 5.92 Å². The fourth-order valence-corrected chi connectivity index (χ4v) is 3.05. The Labute approximate surface area is 134 Å². The lowest BCUT2D eigenvalue weighted by atomic mass is 9.84. The summed E-state index contributed by atoms with van der Waals surface area (Å²) < 4.78 is 24.8. The van der Waals surface area contributed by atoms with Crippen LogP contribution in [0.5, 0.6) is 0 Å². The summed E-state index contributed by atoms with van der Waals surface area (Å²) in [4.78, 5) is 24.9. The highest BCUT2D eigenvalue weighted by Crippen LogP contribution is 2.31. The van der Waals surface area contributed by atoms with Crippen molar-refractivity contribution in [1.29, 1.82) is 0 Å². The van der Waals surface area contributed by atoms with Crippen molar-refractivity contribution in [2.24, 2.45) is 5.92 Å². The van der Waals surface area contributed by atoms with Crippen molar-refractivity contribution in [2.75, 3.05) is 13.1 Å². The van der Waals surface area contributed by atoms with Crippen LogP contribution in [0.2, 0.25) is 0 Å². The van der Waals surface area contributed by atoms with Crippen LogP contribution in [0.3, 0.4) is 0 Å². The number of rotatable bonds is 5. The fraction of sp³-hybridized carbons (Fsp3) is 0.529. The van der Waals surface area contributed by atoms with Gasteiger partial charge in [0.2, 0.25) is 12.3 Å². The topological polar surface area (TPSA) is 57.6 Å². The molecule has 0 aliphatic carbocycles. The van der Waals surface area contributed by atoms with Crippen molar-refractivity contribution in [3.8, 4) is 0 Å². The molecular formula is C17H21F2NO3. The lowest BCUT2D eigenvalue weighted by Crippen LogP contribution is -2.45. The molecule has 0 spiro atoms. The number of carbonyl (C=O) groups is 2. The van der Waals surface area contributed by atoms with Crippen molar-refractivity contribution in [1.82, 2.24) is 4.90 Å². The smallest absolute Gasteiger partial charge is 0.308 e. The van der Waals surface area contributed by atoms with E-state index in [0.29, 0.717) is 24.9 Å². The highest BCUT2D eigenvalue weighted by atomic mass is 19.3. The molecule has 1 aliphatic rings. The summed E-state index contributed by atoms with van der Waals surface area (Å²) in [6, 6.07) is 6.83. The molecule has 6 heteroatoms. The fourth-order valence-electron chi connectivity index (χ4n) is 3.05. The molecule has 0 bridgehead atoms. The maximum absolute atomic E-state index is 12.4. The number of halogens is 2. The number of amides is 1. The third-order valence-corrected chi connectivity index (χ3v) is 4.30. The Morgan fingerprint density at radius 3 is 2.43 bits per heavy atom. The number of alkyl halides is 2. The highest BCUT2D eigenvalue weighted by molar-refractivity contribution is 5.78. The second-order valence-corrected chi connectivity index (χ2v) is 5.96. The number of aliphatic carboxylic acids is 1. The van der Waals surface area contributed by atoms with Crippen molar-refractivity contribution >= 4 is 11.9 Å². The summed E-state index contributed by atoms with van der Waals surface area (Å²) in [6.07, 6.45) is -1.88. The minimum atomic E-state index is -2.38. The van der Waals surface area contributed by atoms with Crippen molar-refractivity contribution in [3.05, 3.63) is 35.4 Å². The first kappa shape index (κ1) is 17.4. The zero-order valence-electron chi connectivity index (χ0n) is 13.0. The Hall–Kier alpha value is -1.98. The van der Waals surface area contributed by atoms with E-state index in [1.807, 2.05) is 0 Å². The number of hydrogen-bond acceptors (Lipinski definition) is 2. The van der Waals surface area contributed by atoms with Gasteiger partial charge in [-0.1, -0.05) is 31.2 Å². The first-order valence-corrected chi connectivity index (χ1v) is 7.78. The minimum absolute atomic E-state index is 0.0599. The van der Waals surface area contributed by atoms with E-state index >= 15 is 0 Å². The van der Waals surface area contributed by atoms with Gasteiger partial charge in [-0.15, -0.1) is 0 Å². The van der Waals surface area contributed by atoms with Gasteiger partial charge in [0.15, 0.2) is 0 Å². The van der Waals surface area contributed by atoms with Crippen LogP contribution in [0, 0.1) is 5.92 Å². The van der Waals surface area contributed by atoms with E-state index in [9.17, 15) is 23.5 Å². The van der Waals surface area contributed by atoms with E-state index in [-0.39, 0.29) is 24.8 Å². The number of benzene rings is 1. The molecule has 126 valence electrons. The molecule has 1 aromatic rings. The summed E-state index contributed by atoms with van der Waals surface area (Å²) >= 11 is 0. The third kappa shape index (κ3) is 4.50. The number of nitrogens with zero attached hydrogens (tertiary/aromatic N) is 1.